The molecule has 0 heterocycles. The third-order valence-corrected chi connectivity index (χ3v) is 6.13. The predicted molar refractivity (Wildman–Crippen MR) is 130 cm³/mol. The Morgan fingerprint density at radius 1 is 0.943 bits per heavy atom. The molecule has 3 rings (SSSR count). The van der Waals surface area contributed by atoms with Gasteiger partial charge in [0.2, 0.25) is 0 Å². The van der Waals surface area contributed by atoms with E-state index in [2.05, 4.69) is 9.93 Å². The highest BCUT2D eigenvalue weighted by Gasteiger charge is 2.20. The van der Waals surface area contributed by atoms with E-state index in [9.17, 15) is 13.2 Å². The SMILES string of the molecule is COc1ccc(OC)c(S(=O)(=O)N/N=C/c2ccc(OC)c(COc3ccccc3C(N)=O)c2)c1. The van der Waals surface area contributed by atoms with E-state index in [0.717, 1.165) is 0 Å². The average molecular weight is 500 g/mol. The number of sulfonamides is 1. The zero-order valence-corrected chi connectivity index (χ0v) is 20.2. The lowest BCUT2D eigenvalue weighted by molar-refractivity contribution is 0.0996. The highest BCUT2D eigenvalue weighted by Crippen LogP contribution is 2.28. The van der Waals surface area contributed by atoms with Crippen LogP contribution in [0.1, 0.15) is 21.5 Å². The van der Waals surface area contributed by atoms with Crippen molar-refractivity contribution in [2.75, 3.05) is 21.3 Å². The summed E-state index contributed by atoms with van der Waals surface area (Å²) in [6.07, 6.45) is 1.34. The van der Waals surface area contributed by atoms with Gasteiger partial charge in [0, 0.05) is 11.6 Å². The predicted octanol–water partition coefficient (Wildman–Crippen LogP) is 2.70. The first-order valence-electron chi connectivity index (χ1n) is 10.2. The Hall–Kier alpha value is -4.25. The van der Waals surface area contributed by atoms with Gasteiger partial charge in [-0.25, -0.2) is 0 Å². The van der Waals surface area contributed by atoms with Crippen molar-refractivity contribution in [2.45, 2.75) is 11.5 Å². The lowest BCUT2D eigenvalue weighted by Gasteiger charge is -2.13. The van der Waals surface area contributed by atoms with Gasteiger partial charge in [-0.05, 0) is 48.0 Å². The molecule has 11 heteroatoms. The largest absolute Gasteiger partial charge is 0.497 e. The second kappa shape index (κ2) is 11.3. The van der Waals surface area contributed by atoms with Crippen LogP contribution in [0.25, 0.3) is 0 Å². The van der Waals surface area contributed by atoms with Crippen molar-refractivity contribution in [2.24, 2.45) is 10.8 Å². The van der Waals surface area contributed by atoms with Gasteiger partial charge in [-0.2, -0.15) is 18.4 Å². The van der Waals surface area contributed by atoms with E-state index >= 15 is 0 Å². The molecule has 10 nitrogen and oxygen atoms in total. The Bertz CT molecular complexity index is 1340. The van der Waals surface area contributed by atoms with Crippen molar-refractivity contribution in [1.29, 1.82) is 0 Å². The maximum Gasteiger partial charge on any atom is 0.280 e. The van der Waals surface area contributed by atoms with Crippen LogP contribution in [0.2, 0.25) is 0 Å². The fourth-order valence-electron chi connectivity index (χ4n) is 3.16. The summed E-state index contributed by atoms with van der Waals surface area (Å²) in [6.45, 7) is 0.0713. The molecule has 0 fully saturated rings. The first-order valence-corrected chi connectivity index (χ1v) is 11.7. The molecule has 184 valence electrons. The molecule has 3 N–H and O–H groups in total. The molecule has 0 radical (unpaired) electrons. The van der Waals surface area contributed by atoms with Crippen LogP contribution in [0.3, 0.4) is 0 Å². The summed E-state index contributed by atoms with van der Waals surface area (Å²) in [5.41, 5.74) is 6.88. The molecule has 0 aromatic heterocycles. The van der Waals surface area contributed by atoms with E-state index in [1.807, 2.05) is 0 Å². The third kappa shape index (κ3) is 6.21. The number of nitrogens with one attached hydrogen (secondary N) is 1. The van der Waals surface area contributed by atoms with Gasteiger partial charge in [0.25, 0.3) is 15.9 Å². The molecule has 0 aliphatic heterocycles. The minimum absolute atomic E-state index is 0.0713. The summed E-state index contributed by atoms with van der Waals surface area (Å²) in [4.78, 5) is 13.7. The van der Waals surface area contributed by atoms with Crippen molar-refractivity contribution >= 4 is 22.1 Å². The number of rotatable bonds is 11. The fourth-order valence-corrected chi connectivity index (χ4v) is 4.13. The van der Waals surface area contributed by atoms with Crippen LogP contribution < -0.4 is 29.5 Å². The van der Waals surface area contributed by atoms with Crippen molar-refractivity contribution in [3.8, 4) is 23.0 Å². The summed E-state index contributed by atoms with van der Waals surface area (Å²) in [5, 5.41) is 3.87. The lowest BCUT2D eigenvalue weighted by Crippen LogP contribution is -2.19. The Balaban J connectivity index is 1.79. The summed E-state index contributed by atoms with van der Waals surface area (Å²) >= 11 is 0. The van der Waals surface area contributed by atoms with Crippen LogP contribution in [0.4, 0.5) is 0 Å². The van der Waals surface area contributed by atoms with Crippen LogP contribution >= 0.6 is 0 Å². The van der Waals surface area contributed by atoms with E-state index in [0.29, 0.717) is 28.4 Å². The van der Waals surface area contributed by atoms with Crippen LogP contribution in [-0.2, 0) is 16.6 Å². The topological polar surface area (TPSA) is 139 Å². The smallest absolute Gasteiger partial charge is 0.280 e. The van der Waals surface area contributed by atoms with Gasteiger partial charge < -0.3 is 24.7 Å². The first-order chi connectivity index (χ1) is 16.8. The number of ether oxygens (including phenoxy) is 4. The number of carbonyl (C=O) groups excluding carboxylic acids is 1. The highest BCUT2D eigenvalue weighted by molar-refractivity contribution is 7.89. The second-order valence-electron chi connectivity index (χ2n) is 7.09. The quantitative estimate of drug-likeness (QED) is 0.305. The molecule has 0 saturated carbocycles. The molecule has 3 aromatic rings. The molecular formula is C24H25N3O7S. The normalized spacial score (nSPS) is 11.2. The molecule has 1 amide bonds. The molecule has 0 saturated heterocycles. The number of para-hydroxylation sites is 1. The number of nitrogens with two attached hydrogens (primary N) is 1. The summed E-state index contributed by atoms with van der Waals surface area (Å²) in [7, 11) is 0.279. The lowest BCUT2D eigenvalue weighted by atomic mass is 10.1. The molecule has 35 heavy (non-hydrogen) atoms. The molecule has 0 aliphatic rings. The van der Waals surface area contributed by atoms with Crippen LogP contribution in [0, 0.1) is 0 Å². The Morgan fingerprint density at radius 2 is 1.66 bits per heavy atom. The van der Waals surface area contributed by atoms with Crippen LogP contribution in [-0.4, -0.2) is 41.9 Å². The van der Waals surface area contributed by atoms with Gasteiger partial charge in [0.15, 0.2) is 0 Å². The number of hydrogen-bond donors (Lipinski definition) is 2. The highest BCUT2D eigenvalue weighted by atomic mass is 32.2. The standard InChI is InChI=1S/C24H25N3O7S/c1-31-18-9-11-22(33-3)23(13-18)35(29,30)27-26-14-16-8-10-20(32-2)17(12-16)15-34-21-7-5-4-6-19(21)24(25)28/h4-14,27H,15H2,1-3H3,(H2,25,28)/b26-14+. The third-order valence-electron chi connectivity index (χ3n) is 4.89. The number of primary amides is 1. The minimum Gasteiger partial charge on any atom is -0.497 e. The molecule has 0 aliphatic carbocycles. The first kappa shape index (κ1) is 25.4. The van der Waals surface area contributed by atoms with Crippen molar-refractivity contribution in [1.82, 2.24) is 4.83 Å². The second-order valence-corrected chi connectivity index (χ2v) is 8.72. The average Bonchev–Trinajstić information content (AvgIpc) is 2.87. The maximum absolute atomic E-state index is 12.7. The number of benzene rings is 3. The fraction of sp³-hybridized carbons (Fsp3) is 0.167. The molecule has 0 atom stereocenters. The molecular weight excluding hydrogens is 474 g/mol. The maximum atomic E-state index is 12.7. The van der Waals surface area contributed by atoms with Crippen molar-refractivity contribution < 1.29 is 32.2 Å². The number of hydrazone groups is 1. The van der Waals surface area contributed by atoms with E-state index in [1.165, 1.54) is 39.7 Å². The van der Waals surface area contributed by atoms with Crippen molar-refractivity contribution in [3.63, 3.8) is 0 Å². The van der Waals surface area contributed by atoms with Crippen molar-refractivity contribution in [3.05, 3.63) is 77.4 Å². The number of hydrogen-bond acceptors (Lipinski definition) is 8. The monoisotopic (exact) mass is 499 g/mol. The van der Waals surface area contributed by atoms with Gasteiger partial charge in [-0.15, -0.1) is 0 Å². The van der Waals surface area contributed by atoms with E-state index in [4.69, 9.17) is 24.7 Å². The van der Waals surface area contributed by atoms with Gasteiger partial charge in [-0.3, -0.25) is 4.79 Å². The Labute approximate surface area is 203 Å². The number of nitrogens with zero attached hydrogens (tertiary/aromatic N) is 1. The molecule has 0 unspecified atom stereocenters. The summed E-state index contributed by atoms with van der Waals surface area (Å²) < 4.78 is 46.9. The number of amides is 1. The van der Waals surface area contributed by atoms with Gasteiger partial charge in [0.05, 0.1) is 33.1 Å². The van der Waals surface area contributed by atoms with E-state index < -0.39 is 15.9 Å². The van der Waals surface area contributed by atoms with Gasteiger partial charge in [-0.1, -0.05) is 12.1 Å². The molecule has 0 bridgehead atoms. The minimum atomic E-state index is -4.03. The summed E-state index contributed by atoms with van der Waals surface area (Å²) in [5.74, 6) is 0.774. The van der Waals surface area contributed by atoms with E-state index in [-0.39, 0.29) is 22.8 Å². The summed E-state index contributed by atoms with van der Waals surface area (Å²) in [6, 6.07) is 16.1. The van der Waals surface area contributed by atoms with Gasteiger partial charge >= 0.3 is 0 Å². The van der Waals surface area contributed by atoms with Gasteiger partial charge in [0.1, 0.15) is 34.5 Å². The van der Waals surface area contributed by atoms with Crippen LogP contribution in [0.5, 0.6) is 23.0 Å². The zero-order valence-electron chi connectivity index (χ0n) is 19.3. The zero-order chi connectivity index (χ0) is 25.4. The Morgan fingerprint density at radius 3 is 2.34 bits per heavy atom. The van der Waals surface area contributed by atoms with Crippen LogP contribution in [0.15, 0.2) is 70.7 Å². The molecule has 3 aromatic carbocycles. The Kier molecular flexibility index (Phi) is 8.16. The number of carbonyl (C=O) groups is 1. The molecule has 0 spiro atoms. The number of methoxy groups -OCH3 is 3. The van der Waals surface area contributed by atoms with E-state index in [1.54, 1.807) is 48.5 Å².